The lowest BCUT2D eigenvalue weighted by Gasteiger charge is -2.24. The maximum absolute atomic E-state index is 12.5. The van der Waals surface area contributed by atoms with Crippen LogP contribution in [-0.2, 0) is 14.2 Å². The number of hydrogen-bond donors (Lipinski definition) is 2. The first kappa shape index (κ1) is 19.1. The Morgan fingerprint density at radius 2 is 1.93 bits per heavy atom. The van der Waals surface area contributed by atoms with E-state index in [-0.39, 0.29) is 12.5 Å². The maximum atomic E-state index is 12.5. The van der Waals surface area contributed by atoms with Crippen LogP contribution in [0, 0.1) is 0 Å². The topological polar surface area (TPSA) is 121 Å². The minimum Gasteiger partial charge on any atom is -0.394 e. The largest absolute Gasteiger partial charge is 0.394 e. The monoisotopic (exact) mass is 411 g/mol. The van der Waals surface area contributed by atoms with Crippen LogP contribution in [0.25, 0.3) is 11.2 Å². The number of nitrogens with zero attached hydrogens (tertiary/aromatic N) is 4. The van der Waals surface area contributed by atoms with E-state index in [4.69, 9.17) is 14.2 Å². The van der Waals surface area contributed by atoms with E-state index in [9.17, 15) is 9.90 Å². The first-order valence-electron chi connectivity index (χ1n) is 9.63. The highest BCUT2D eigenvalue weighted by molar-refractivity contribution is 6.06. The van der Waals surface area contributed by atoms with Crippen LogP contribution in [0.5, 0.6) is 0 Å². The van der Waals surface area contributed by atoms with E-state index in [0.717, 1.165) is 0 Å². The number of hydrogen-bond acceptors (Lipinski definition) is 8. The molecule has 2 aliphatic rings. The molecule has 0 aliphatic carbocycles. The van der Waals surface area contributed by atoms with Gasteiger partial charge in [-0.05, 0) is 26.0 Å². The Balaban J connectivity index is 1.47. The van der Waals surface area contributed by atoms with Crippen molar-refractivity contribution in [3.05, 3.63) is 48.5 Å². The van der Waals surface area contributed by atoms with E-state index < -0.39 is 30.3 Å². The molecule has 2 saturated heterocycles. The van der Waals surface area contributed by atoms with Crippen molar-refractivity contribution in [2.45, 2.75) is 44.2 Å². The molecule has 0 radical (unpaired) electrons. The summed E-state index contributed by atoms with van der Waals surface area (Å²) in [4.78, 5) is 25.4. The van der Waals surface area contributed by atoms with Gasteiger partial charge in [-0.2, -0.15) is 0 Å². The number of aromatic nitrogens is 4. The van der Waals surface area contributed by atoms with E-state index >= 15 is 0 Å². The lowest BCUT2D eigenvalue weighted by atomic mass is 10.1. The summed E-state index contributed by atoms with van der Waals surface area (Å²) in [5.74, 6) is -0.785. The van der Waals surface area contributed by atoms with Crippen LogP contribution in [0.3, 0.4) is 0 Å². The van der Waals surface area contributed by atoms with Gasteiger partial charge in [0.15, 0.2) is 29.0 Å². The summed E-state index contributed by atoms with van der Waals surface area (Å²) in [7, 11) is 0. The fraction of sp³-hybridized carbons (Fsp3) is 0.400. The lowest BCUT2D eigenvalue weighted by molar-refractivity contribution is -0.199. The van der Waals surface area contributed by atoms with Gasteiger partial charge in [-0.3, -0.25) is 9.36 Å². The Hall–Kier alpha value is -2.92. The van der Waals surface area contributed by atoms with Crippen molar-refractivity contribution in [2.75, 3.05) is 11.9 Å². The molecule has 2 aromatic heterocycles. The van der Waals surface area contributed by atoms with Gasteiger partial charge < -0.3 is 24.6 Å². The normalized spacial score (nSPS) is 27.3. The van der Waals surface area contributed by atoms with Crippen molar-refractivity contribution < 1.29 is 24.1 Å². The summed E-state index contributed by atoms with van der Waals surface area (Å²) in [6, 6.07) is 8.84. The molecule has 4 unspecified atom stereocenters. The van der Waals surface area contributed by atoms with Gasteiger partial charge in [0, 0.05) is 5.56 Å². The van der Waals surface area contributed by atoms with Gasteiger partial charge in [0.1, 0.15) is 24.6 Å². The van der Waals surface area contributed by atoms with Gasteiger partial charge >= 0.3 is 0 Å². The zero-order valence-corrected chi connectivity index (χ0v) is 16.4. The summed E-state index contributed by atoms with van der Waals surface area (Å²) in [5, 5.41) is 12.5. The number of carbonyl (C=O) groups excluding carboxylic acids is 1. The van der Waals surface area contributed by atoms with Crippen LogP contribution in [0.1, 0.15) is 30.4 Å². The van der Waals surface area contributed by atoms with Gasteiger partial charge in [0.05, 0.1) is 12.9 Å². The number of ether oxygens (including phenoxy) is 3. The molecule has 4 atom stereocenters. The molecule has 2 aliphatic heterocycles. The molecular weight excluding hydrogens is 390 g/mol. The summed E-state index contributed by atoms with van der Waals surface area (Å²) in [6.07, 6.45) is 0.948. The Bertz CT molecular complexity index is 1090. The van der Waals surface area contributed by atoms with Crippen LogP contribution in [0.4, 0.5) is 5.82 Å². The molecule has 0 spiro atoms. The average molecular weight is 411 g/mol. The van der Waals surface area contributed by atoms with Crippen LogP contribution in [0.2, 0.25) is 0 Å². The van der Waals surface area contributed by atoms with E-state index in [1.807, 2.05) is 19.9 Å². The van der Waals surface area contributed by atoms with Gasteiger partial charge in [-0.25, -0.2) is 15.0 Å². The minimum atomic E-state index is -0.787. The average Bonchev–Trinajstić information content (AvgIpc) is 3.39. The molecular formula is C20H21N5O5. The first-order valence-corrected chi connectivity index (χ1v) is 9.63. The Morgan fingerprint density at radius 1 is 1.17 bits per heavy atom. The van der Waals surface area contributed by atoms with Crippen molar-refractivity contribution in [3.8, 4) is 0 Å². The second kappa shape index (κ2) is 7.10. The Morgan fingerprint density at radius 3 is 2.70 bits per heavy atom. The third kappa shape index (κ3) is 3.14. The highest BCUT2D eigenvalue weighted by Crippen LogP contribution is 2.43. The molecule has 2 fully saturated rings. The number of aliphatic hydroxyl groups is 1. The number of imidazole rings is 1. The maximum Gasteiger partial charge on any atom is 0.256 e. The van der Waals surface area contributed by atoms with E-state index in [1.165, 1.54) is 6.33 Å². The molecule has 4 heterocycles. The molecule has 5 rings (SSSR count). The highest BCUT2D eigenvalue weighted by atomic mass is 16.8. The summed E-state index contributed by atoms with van der Waals surface area (Å²) >= 11 is 0. The van der Waals surface area contributed by atoms with Gasteiger partial charge in [0.2, 0.25) is 0 Å². The second-order valence-corrected chi connectivity index (χ2v) is 7.68. The number of nitrogens with one attached hydrogen (secondary N) is 1. The van der Waals surface area contributed by atoms with Crippen molar-refractivity contribution in [1.82, 2.24) is 19.5 Å². The number of fused-ring (bicyclic) bond motifs is 2. The third-order valence-electron chi connectivity index (χ3n) is 5.21. The number of aliphatic hydroxyl groups excluding tert-OH is 1. The molecule has 10 heteroatoms. The van der Waals surface area contributed by atoms with Crippen molar-refractivity contribution in [3.63, 3.8) is 0 Å². The molecule has 1 amide bonds. The molecule has 0 saturated carbocycles. The van der Waals surface area contributed by atoms with Crippen molar-refractivity contribution >= 4 is 22.9 Å². The Labute approximate surface area is 171 Å². The zero-order chi connectivity index (χ0) is 20.9. The summed E-state index contributed by atoms with van der Waals surface area (Å²) < 4.78 is 19.6. The Kier molecular flexibility index (Phi) is 4.51. The van der Waals surface area contributed by atoms with Crippen LogP contribution >= 0.6 is 0 Å². The SMILES string of the molecule is CC1(C)OC2C(CO)OC(n3cnc4c(NC(=O)c5ccccc5)ncnc43)C2O1. The van der Waals surface area contributed by atoms with E-state index in [1.54, 1.807) is 35.2 Å². The number of anilines is 1. The smallest absolute Gasteiger partial charge is 0.256 e. The predicted octanol–water partition coefficient (Wildman–Crippen LogP) is 1.49. The lowest BCUT2D eigenvalue weighted by Crippen LogP contribution is -2.31. The number of rotatable bonds is 4. The number of benzene rings is 1. The molecule has 0 bridgehead atoms. The standard InChI is InChI=1S/C20H21N5O5/c1-20(2)29-14-12(8-26)28-19(15(14)30-20)25-10-23-13-16(21-9-22-17(13)25)24-18(27)11-6-4-3-5-7-11/h3-7,9-10,12,14-15,19,26H,8H2,1-2H3,(H,21,22,24,27). The molecule has 3 aromatic rings. The van der Waals surface area contributed by atoms with Gasteiger partial charge in [0.25, 0.3) is 5.91 Å². The van der Waals surface area contributed by atoms with Crippen molar-refractivity contribution in [1.29, 1.82) is 0 Å². The first-order chi connectivity index (χ1) is 14.5. The van der Waals surface area contributed by atoms with Crippen molar-refractivity contribution in [2.24, 2.45) is 0 Å². The van der Waals surface area contributed by atoms with Crippen LogP contribution < -0.4 is 5.32 Å². The molecule has 2 N–H and O–H groups in total. The molecule has 156 valence electrons. The van der Waals surface area contributed by atoms with E-state index in [2.05, 4.69) is 20.3 Å². The zero-order valence-electron chi connectivity index (χ0n) is 16.4. The highest BCUT2D eigenvalue weighted by Gasteiger charge is 2.56. The summed E-state index contributed by atoms with van der Waals surface area (Å²) in [5.41, 5.74) is 1.41. The van der Waals surface area contributed by atoms with Crippen LogP contribution in [-0.4, -0.2) is 61.2 Å². The van der Waals surface area contributed by atoms with E-state index in [0.29, 0.717) is 22.5 Å². The molecule has 30 heavy (non-hydrogen) atoms. The van der Waals surface area contributed by atoms with Gasteiger partial charge in [-0.15, -0.1) is 0 Å². The van der Waals surface area contributed by atoms with Crippen LogP contribution in [0.15, 0.2) is 43.0 Å². The van der Waals surface area contributed by atoms with Gasteiger partial charge in [-0.1, -0.05) is 18.2 Å². The summed E-state index contributed by atoms with van der Waals surface area (Å²) in [6.45, 7) is 3.45. The number of amides is 1. The fourth-order valence-electron chi connectivity index (χ4n) is 3.93. The molecule has 1 aromatic carbocycles. The fourth-order valence-corrected chi connectivity index (χ4v) is 3.93. The third-order valence-corrected chi connectivity index (χ3v) is 5.21. The predicted molar refractivity (Wildman–Crippen MR) is 105 cm³/mol. The second-order valence-electron chi connectivity index (χ2n) is 7.68. The number of carbonyl (C=O) groups is 1. The quantitative estimate of drug-likeness (QED) is 0.662. The molecule has 10 nitrogen and oxygen atoms in total. The minimum absolute atomic E-state index is 0.197.